The van der Waals surface area contributed by atoms with Gasteiger partial charge in [-0.25, -0.2) is 0 Å². The van der Waals surface area contributed by atoms with E-state index in [1.165, 1.54) is 82.4 Å². The molecule has 0 atom stereocenters. The number of para-hydroxylation sites is 1. The Balaban J connectivity index is 1.21. The maximum Gasteiger partial charge on any atom is 0.0464 e. The molecule has 1 aliphatic carbocycles. The third kappa shape index (κ3) is 4.80. The molecule has 9 rings (SSSR count). The van der Waals surface area contributed by atoms with Crippen molar-refractivity contribution in [3.63, 3.8) is 0 Å². The van der Waals surface area contributed by atoms with Gasteiger partial charge in [-0.15, -0.1) is 0 Å². The third-order valence-corrected chi connectivity index (χ3v) is 9.65. The molecule has 0 spiro atoms. The number of nitrogens with zero attached hydrogens (tertiary/aromatic N) is 1. The molecular weight excluding hydrogens is 567 g/mol. The summed E-state index contributed by atoms with van der Waals surface area (Å²) < 4.78 is 0. The summed E-state index contributed by atoms with van der Waals surface area (Å²) in [6.07, 6.45) is 6.79. The molecule has 0 aliphatic heterocycles. The van der Waals surface area contributed by atoms with Crippen LogP contribution in [0.5, 0.6) is 0 Å². The smallest absolute Gasteiger partial charge is 0.0464 e. The molecule has 0 aromatic heterocycles. The Bertz CT molecular complexity index is 2520. The van der Waals surface area contributed by atoms with Crippen molar-refractivity contribution in [2.45, 2.75) is 12.8 Å². The summed E-state index contributed by atoms with van der Waals surface area (Å²) in [5.74, 6) is 0. The number of allylic oxidation sites excluding steroid dienone is 4. The van der Waals surface area contributed by atoms with Crippen molar-refractivity contribution in [1.29, 1.82) is 0 Å². The second-order valence-electron chi connectivity index (χ2n) is 12.4. The number of rotatable bonds is 5. The molecule has 0 fully saturated rings. The lowest BCUT2D eigenvalue weighted by molar-refractivity contribution is 0.921. The summed E-state index contributed by atoms with van der Waals surface area (Å²) >= 11 is 0. The number of hydrogen-bond donors (Lipinski definition) is 0. The molecule has 0 amide bonds. The molecule has 0 N–H and O–H groups in total. The molecule has 0 heterocycles. The molecule has 47 heavy (non-hydrogen) atoms. The zero-order valence-corrected chi connectivity index (χ0v) is 26.1. The first-order chi connectivity index (χ1) is 23.3. The minimum atomic E-state index is 0.965. The SMILES string of the molecule is C1=C(c2cc3ccccc3c3ccccc23)C=C(N(c2ccccc2)c2cccc(-c3cc4ccccc4c4ccccc34)c2)CC1. The summed E-state index contributed by atoms with van der Waals surface area (Å²) in [6, 6.07) is 59.8. The van der Waals surface area contributed by atoms with Crippen molar-refractivity contribution in [2.24, 2.45) is 0 Å². The van der Waals surface area contributed by atoms with E-state index < -0.39 is 0 Å². The van der Waals surface area contributed by atoms with E-state index in [1.54, 1.807) is 0 Å². The maximum atomic E-state index is 2.46. The number of hydrogen-bond acceptors (Lipinski definition) is 1. The number of fused-ring (bicyclic) bond motifs is 6. The van der Waals surface area contributed by atoms with Gasteiger partial charge in [-0.1, -0.05) is 133 Å². The molecule has 1 nitrogen and oxygen atoms in total. The first kappa shape index (κ1) is 27.4. The van der Waals surface area contributed by atoms with Crippen molar-refractivity contribution < 1.29 is 0 Å². The van der Waals surface area contributed by atoms with Gasteiger partial charge in [0, 0.05) is 17.1 Å². The quantitative estimate of drug-likeness (QED) is 0.178. The van der Waals surface area contributed by atoms with Gasteiger partial charge in [0.1, 0.15) is 0 Å². The van der Waals surface area contributed by atoms with Crippen LogP contribution < -0.4 is 4.90 Å². The minimum Gasteiger partial charge on any atom is -0.314 e. The van der Waals surface area contributed by atoms with E-state index in [0.717, 1.165) is 12.8 Å². The molecule has 222 valence electrons. The highest BCUT2D eigenvalue weighted by Gasteiger charge is 2.20. The minimum absolute atomic E-state index is 0.965. The average molecular weight is 600 g/mol. The van der Waals surface area contributed by atoms with Crippen LogP contribution in [0.25, 0.3) is 59.8 Å². The predicted molar refractivity (Wildman–Crippen MR) is 202 cm³/mol. The molecule has 8 aromatic rings. The predicted octanol–water partition coefficient (Wildman–Crippen LogP) is 12.9. The summed E-state index contributed by atoms with van der Waals surface area (Å²) in [5.41, 5.74) is 8.69. The van der Waals surface area contributed by atoms with Gasteiger partial charge in [0.2, 0.25) is 0 Å². The van der Waals surface area contributed by atoms with Crippen molar-refractivity contribution in [3.05, 3.63) is 187 Å². The Morgan fingerprint density at radius 3 is 1.62 bits per heavy atom. The van der Waals surface area contributed by atoms with Gasteiger partial charge in [-0.2, -0.15) is 0 Å². The standard InChI is InChI=1S/C46H33N/c1-2-18-36(19-3-1)47(37-20-12-16-32(28-37)45-30-34-14-4-6-22-39(34)41-24-8-10-26-43(41)45)38-21-13-17-33(29-38)46-31-35-15-5-7-23-40(35)42-25-9-11-27-44(42)46/h1-12,14-20,22-31H,13,21H2. The van der Waals surface area contributed by atoms with E-state index >= 15 is 0 Å². The second kappa shape index (κ2) is 11.5. The lowest BCUT2D eigenvalue weighted by Crippen LogP contribution is -2.18. The van der Waals surface area contributed by atoms with Crippen molar-refractivity contribution in [1.82, 2.24) is 0 Å². The second-order valence-corrected chi connectivity index (χ2v) is 12.4. The van der Waals surface area contributed by atoms with Gasteiger partial charge < -0.3 is 4.90 Å². The van der Waals surface area contributed by atoms with Gasteiger partial charge >= 0.3 is 0 Å². The lowest BCUT2D eigenvalue weighted by Gasteiger charge is -2.30. The van der Waals surface area contributed by atoms with Gasteiger partial charge in [0.25, 0.3) is 0 Å². The zero-order chi connectivity index (χ0) is 31.2. The van der Waals surface area contributed by atoms with Crippen LogP contribution in [0.2, 0.25) is 0 Å². The van der Waals surface area contributed by atoms with Gasteiger partial charge in [0.05, 0.1) is 0 Å². The van der Waals surface area contributed by atoms with Gasteiger partial charge in [-0.05, 0) is 121 Å². The monoisotopic (exact) mass is 599 g/mol. The molecule has 8 aromatic carbocycles. The highest BCUT2D eigenvalue weighted by Crippen LogP contribution is 2.41. The van der Waals surface area contributed by atoms with Crippen LogP contribution in [-0.2, 0) is 0 Å². The first-order valence-corrected chi connectivity index (χ1v) is 16.5. The Morgan fingerprint density at radius 1 is 0.404 bits per heavy atom. The van der Waals surface area contributed by atoms with Crippen LogP contribution in [0.1, 0.15) is 18.4 Å². The summed E-state index contributed by atoms with van der Waals surface area (Å²) in [7, 11) is 0. The number of benzene rings is 8. The summed E-state index contributed by atoms with van der Waals surface area (Å²) in [5, 5.41) is 10.3. The molecule has 0 unspecified atom stereocenters. The molecule has 0 saturated heterocycles. The van der Waals surface area contributed by atoms with E-state index in [9.17, 15) is 0 Å². The zero-order valence-electron chi connectivity index (χ0n) is 26.1. The van der Waals surface area contributed by atoms with Crippen LogP contribution in [0.15, 0.2) is 182 Å². The highest BCUT2D eigenvalue weighted by atomic mass is 15.1. The average Bonchev–Trinajstić information content (AvgIpc) is 3.15. The molecular formula is C46H33N. The van der Waals surface area contributed by atoms with E-state index in [2.05, 4.69) is 181 Å². The van der Waals surface area contributed by atoms with E-state index in [4.69, 9.17) is 0 Å². The van der Waals surface area contributed by atoms with Crippen LogP contribution >= 0.6 is 0 Å². The first-order valence-electron chi connectivity index (χ1n) is 16.5. The van der Waals surface area contributed by atoms with Crippen molar-refractivity contribution in [2.75, 3.05) is 4.90 Å². The topological polar surface area (TPSA) is 3.24 Å². The fourth-order valence-corrected chi connectivity index (χ4v) is 7.51. The third-order valence-electron chi connectivity index (χ3n) is 9.65. The fraction of sp³-hybridized carbons (Fsp3) is 0.0435. The Kier molecular flexibility index (Phi) is 6.68. The Morgan fingerprint density at radius 2 is 0.936 bits per heavy atom. The highest BCUT2D eigenvalue weighted by molar-refractivity contribution is 6.14. The molecule has 0 bridgehead atoms. The fourth-order valence-electron chi connectivity index (χ4n) is 7.51. The van der Waals surface area contributed by atoms with Crippen LogP contribution in [0.3, 0.4) is 0 Å². The molecule has 0 saturated carbocycles. The lowest BCUT2D eigenvalue weighted by atomic mass is 9.90. The normalized spacial score (nSPS) is 13.2. The Hall–Kier alpha value is -5.92. The van der Waals surface area contributed by atoms with Crippen LogP contribution in [0.4, 0.5) is 11.4 Å². The Labute approximate surface area is 275 Å². The maximum absolute atomic E-state index is 2.46. The van der Waals surface area contributed by atoms with Crippen LogP contribution in [0, 0.1) is 0 Å². The van der Waals surface area contributed by atoms with Crippen molar-refractivity contribution >= 4 is 60.0 Å². The molecule has 1 aliphatic rings. The van der Waals surface area contributed by atoms with Gasteiger partial charge in [-0.3, -0.25) is 0 Å². The van der Waals surface area contributed by atoms with Crippen molar-refractivity contribution in [3.8, 4) is 11.1 Å². The van der Waals surface area contributed by atoms with E-state index in [0.29, 0.717) is 0 Å². The van der Waals surface area contributed by atoms with Crippen LogP contribution in [-0.4, -0.2) is 0 Å². The summed E-state index contributed by atoms with van der Waals surface area (Å²) in [6.45, 7) is 0. The van der Waals surface area contributed by atoms with E-state index in [-0.39, 0.29) is 0 Å². The summed E-state index contributed by atoms with van der Waals surface area (Å²) in [4.78, 5) is 2.46. The molecule has 1 heteroatoms. The largest absolute Gasteiger partial charge is 0.314 e. The van der Waals surface area contributed by atoms with Gasteiger partial charge in [0.15, 0.2) is 0 Å². The van der Waals surface area contributed by atoms with E-state index in [1.807, 2.05) is 0 Å². The number of anilines is 2. The molecule has 0 radical (unpaired) electrons.